The van der Waals surface area contributed by atoms with Crippen LogP contribution in [0.3, 0.4) is 0 Å². The number of allylic oxidation sites excluding steroid dienone is 1. The topological polar surface area (TPSA) is 29.5 Å². The Morgan fingerprint density at radius 3 is 2.93 bits per heavy atom. The number of unbranched alkanes of at least 4 members (excludes halogenated alkanes) is 2. The molecule has 3 heteroatoms. The average Bonchev–Trinajstić information content (AvgIpc) is 2.24. The molecular weight excluding hydrogens is 256 g/mol. The lowest BCUT2D eigenvalue weighted by molar-refractivity contribution is 0.303. The number of phenolic OH excluding ortho intramolecular Hbond substituents is 1. The van der Waals surface area contributed by atoms with Crippen molar-refractivity contribution in [3.8, 4) is 11.5 Å². The van der Waals surface area contributed by atoms with Crippen LogP contribution in [0, 0.1) is 0 Å². The smallest absolute Gasteiger partial charge is 0.137 e. The van der Waals surface area contributed by atoms with E-state index in [-0.39, 0.29) is 5.75 Å². The van der Waals surface area contributed by atoms with Crippen molar-refractivity contribution in [3.63, 3.8) is 0 Å². The molecule has 0 radical (unpaired) electrons. The molecule has 0 saturated heterocycles. The Morgan fingerprint density at radius 2 is 2.20 bits per heavy atom. The quantitative estimate of drug-likeness (QED) is 0.628. The third kappa shape index (κ3) is 3.96. The van der Waals surface area contributed by atoms with Crippen molar-refractivity contribution >= 4 is 15.9 Å². The van der Waals surface area contributed by atoms with E-state index in [2.05, 4.69) is 22.5 Å². The maximum absolute atomic E-state index is 9.40. The second-order valence-electron chi connectivity index (χ2n) is 3.22. The first-order valence-corrected chi connectivity index (χ1v) is 5.76. The van der Waals surface area contributed by atoms with Gasteiger partial charge in [0.25, 0.3) is 0 Å². The van der Waals surface area contributed by atoms with Crippen molar-refractivity contribution in [2.24, 2.45) is 0 Å². The highest BCUT2D eigenvalue weighted by Gasteiger charge is 2.04. The van der Waals surface area contributed by atoms with Gasteiger partial charge < -0.3 is 9.84 Å². The SMILES string of the molecule is C=CCCCCOc1cccc(O)c1Br. The lowest BCUT2D eigenvalue weighted by atomic mass is 10.2. The predicted octanol–water partition coefficient (Wildman–Crippen LogP) is 3.89. The molecule has 0 aliphatic carbocycles. The number of phenols is 1. The van der Waals surface area contributed by atoms with Crippen LogP contribution in [0.25, 0.3) is 0 Å². The van der Waals surface area contributed by atoms with Crippen LogP contribution in [0.5, 0.6) is 11.5 Å². The summed E-state index contributed by atoms with van der Waals surface area (Å²) in [6.45, 7) is 4.32. The zero-order valence-electron chi connectivity index (χ0n) is 8.58. The minimum atomic E-state index is 0.207. The molecule has 2 nitrogen and oxygen atoms in total. The Hall–Kier alpha value is -0.960. The van der Waals surface area contributed by atoms with E-state index in [0.717, 1.165) is 19.3 Å². The van der Waals surface area contributed by atoms with Crippen molar-refractivity contribution < 1.29 is 9.84 Å². The van der Waals surface area contributed by atoms with E-state index >= 15 is 0 Å². The molecule has 1 aromatic carbocycles. The molecule has 0 heterocycles. The summed E-state index contributed by atoms with van der Waals surface area (Å²) in [5.41, 5.74) is 0. The van der Waals surface area contributed by atoms with E-state index in [1.54, 1.807) is 12.1 Å². The minimum absolute atomic E-state index is 0.207. The first-order valence-electron chi connectivity index (χ1n) is 4.97. The molecular formula is C12H15BrO2. The molecule has 0 saturated carbocycles. The number of rotatable bonds is 6. The third-order valence-corrected chi connectivity index (χ3v) is 2.80. The van der Waals surface area contributed by atoms with Gasteiger partial charge in [-0.1, -0.05) is 12.1 Å². The maximum Gasteiger partial charge on any atom is 0.137 e. The highest BCUT2D eigenvalue weighted by atomic mass is 79.9. The van der Waals surface area contributed by atoms with Crippen molar-refractivity contribution in [1.29, 1.82) is 0 Å². The molecule has 0 amide bonds. The van der Waals surface area contributed by atoms with E-state index in [9.17, 15) is 5.11 Å². The summed E-state index contributed by atoms with van der Waals surface area (Å²) in [6.07, 6.45) is 5.00. The van der Waals surface area contributed by atoms with Crippen LogP contribution >= 0.6 is 15.9 Å². The Labute approximate surface area is 98.7 Å². The Kier molecular flexibility index (Phi) is 5.26. The van der Waals surface area contributed by atoms with Crippen LogP contribution < -0.4 is 4.74 Å². The van der Waals surface area contributed by atoms with Crippen LogP contribution in [-0.4, -0.2) is 11.7 Å². The largest absolute Gasteiger partial charge is 0.507 e. The summed E-state index contributed by atoms with van der Waals surface area (Å²) >= 11 is 3.27. The van der Waals surface area contributed by atoms with Crippen LogP contribution in [0.2, 0.25) is 0 Å². The lowest BCUT2D eigenvalue weighted by Gasteiger charge is -2.08. The first kappa shape index (κ1) is 12.1. The summed E-state index contributed by atoms with van der Waals surface area (Å²) in [6, 6.07) is 5.21. The number of hydrogen-bond donors (Lipinski definition) is 1. The van der Waals surface area contributed by atoms with E-state index < -0.39 is 0 Å². The van der Waals surface area contributed by atoms with E-state index in [1.165, 1.54) is 0 Å². The summed E-state index contributed by atoms with van der Waals surface area (Å²) in [5.74, 6) is 0.896. The van der Waals surface area contributed by atoms with Gasteiger partial charge in [0.1, 0.15) is 16.0 Å². The zero-order chi connectivity index (χ0) is 11.1. The molecule has 0 unspecified atom stereocenters. The van der Waals surface area contributed by atoms with Gasteiger partial charge in [0, 0.05) is 0 Å². The number of benzene rings is 1. The van der Waals surface area contributed by atoms with Gasteiger partial charge >= 0.3 is 0 Å². The summed E-state index contributed by atoms with van der Waals surface area (Å²) in [5, 5.41) is 9.40. The molecule has 0 spiro atoms. The van der Waals surface area contributed by atoms with Crippen LogP contribution in [0.15, 0.2) is 35.3 Å². The second kappa shape index (κ2) is 6.51. The lowest BCUT2D eigenvalue weighted by Crippen LogP contribution is -1.97. The monoisotopic (exact) mass is 270 g/mol. The van der Waals surface area contributed by atoms with Gasteiger partial charge in [0.05, 0.1) is 6.61 Å². The van der Waals surface area contributed by atoms with Gasteiger partial charge in [-0.15, -0.1) is 6.58 Å². The molecule has 0 fully saturated rings. The number of aromatic hydroxyl groups is 1. The van der Waals surface area contributed by atoms with E-state index in [4.69, 9.17) is 4.74 Å². The van der Waals surface area contributed by atoms with Gasteiger partial charge in [-0.2, -0.15) is 0 Å². The van der Waals surface area contributed by atoms with Crippen molar-refractivity contribution in [3.05, 3.63) is 35.3 Å². The molecule has 0 aromatic heterocycles. The van der Waals surface area contributed by atoms with Crippen LogP contribution in [0.4, 0.5) is 0 Å². The number of hydrogen-bond acceptors (Lipinski definition) is 2. The highest BCUT2D eigenvalue weighted by Crippen LogP contribution is 2.33. The van der Waals surface area contributed by atoms with Crippen LogP contribution in [0.1, 0.15) is 19.3 Å². The van der Waals surface area contributed by atoms with Crippen LogP contribution in [-0.2, 0) is 0 Å². The third-order valence-electron chi connectivity index (χ3n) is 2.00. The predicted molar refractivity (Wildman–Crippen MR) is 65.3 cm³/mol. The molecule has 15 heavy (non-hydrogen) atoms. The second-order valence-corrected chi connectivity index (χ2v) is 4.02. The maximum atomic E-state index is 9.40. The van der Waals surface area contributed by atoms with Gasteiger partial charge in [-0.25, -0.2) is 0 Å². The highest BCUT2D eigenvalue weighted by molar-refractivity contribution is 9.10. The molecule has 1 rings (SSSR count). The fourth-order valence-electron chi connectivity index (χ4n) is 1.18. The molecule has 0 bridgehead atoms. The molecule has 1 aromatic rings. The molecule has 1 N–H and O–H groups in total. The molecule has 0 atom stereocenters. The average molecular weight is 271 g/mol. The van der Waals surface area contributed by atoms with Gasteiger partial charge in [-0.3, -0.25) is 0 Å². The molecule has 0 aliphatic rings. The summed E-state index contributed by atoms with van der Waals surface area (Å²) in [4.78, 5) is 0. The van der Waals surface area contributed by atoms with Crippen molar-refractivity contribution in [2.75, 3.05) is 6.61 Å². The Bertz CT molecular complexity index is 323. The summed E-state index contributed by atoms with van der Waals surface area (Å²) < 4.78 is 6.14. The number of ether oxygens (including phenoxy) is 1. The van der Waals surface area contributed by atoms with Gasteiger partial charge in [0.15, 0.2) is 0 Å². The fraction of sp³-hybridized carbons (Fsp3) is 0.333. The fourth-order valence-corrected chi connectivity index (χ4v) is 1.56. The standard InChI is InChI=1S/C12H15BrO2/c1-2-3-4-5-9-15-11-8-6-7-10(14)12(11)13/h2,6-8,14H,1,3-5,9H2. The van der Waals surface area contributed by atoms with Crippen molar-refractivity contribution in [2.45, 2.75) is 19.3 Å². The Balaban J connectivity index is 2.37. The summed E-state index contributed by atoms with van der Waals surface area (Å²) in [7, 11) is 0. The molecule has 82 valence electrons. The minimum Gasteiger partial charge on any atom is -0.507 e. The first-order chi connectivity index (χ1) is 7.25. The zero-order valence-corrected chi connectivity index (χ0v) is 10.2. The van der Waals surface area contributed by atoms with Gasteiger partial charge in [0.2, 0.25) is 0 Å². The normalized spacial score (nSPS) is 9.93. The molecule has 0 aliphatic heterocycles. The number of halogens is 1. The van der Waals surface area contributed by atoms with E-state index in [0.29, 0.717) is 16.8 Å². The van der Waals surface area contributed by atoms with Gasteiger partial charge in [-0.05, 0) is 47.3 Å². The van der Waals surface area contributed by atoms with Crippen molar-refractivity contribution in [1.82, 2.24) is 0 Å². The Morgan fingerprint density at radius 1 is 1.40 bits per heavy atom. The van der Waals surface area contributed by atoms with E-state index in [1.807, 2.05) is 12.1 Å².